The van der Waals surface area contributed by atoms with E-state index >= 15 is 0 Å². The molecule has 0 aliphatic heterocycles. The Morgan fingerprint density at radius 2 is 2.00 bits per heavy atom. The highest BCUT2D eigenvalue weighted by molar-refractivity contribution is 5.78. The Hall–Kier alpha value is -0.570. The zero-order valence-electron chi connectivity index (χ0n) is 8.60. The third-order valence-electron chi connectivity index (χ3n) is 2.48. The first-order chi connectivity index (χ1) is 6.26. The molecular weight excluding hydrogens is 164 g/mol. The van der Waals surface area contributed by atoms with Gasteiger partial charge in [0, 0.05) is 12.1 Å². The first kappa shape index (κ1) is 10.5. The minimum atomic E-state index is 0.148. The molecule has 0 aromatic rings. The first-order valence-corrected chi connectivity index (χ1v) is 5.29. The summed E-state index contributed by atoms with van der Waals surface area (Å²) in [5.41, 5.74) is 0. The van der Waals surface area contributed by atoms with Gasteiger partial charge in [0.25, 0.3) is 0 Å². The van der Waals surface area contributed by atoms with Crippen LogP contribution in [0.25, 0.3) is 0 Å². The molecule has 0 aromatic carbocycles. The molecule has 0 atom stereocenters. The van der Waals surface area contributed by atoms with E-state index in [-0.39, 0.29) is 5.91 Å². The number of carbonyl (C=O) groups excluding carboxylic acids is 1. The van der Waals surface area contributed by atoms with Crippen LogP contribution in [0.15, 0.2) is 0 Å². The molecule has 3 heteroatoms. The van der Waals surface area contributed by atoms with Crippen molar-refractivity contribution in [3.05, 3.63) is 0 Å². The summed E-state index contributed by atoms with van der Waals surface area (Å²) in [4.78, 5) is 11.3. The van der Waals surface area contributed by atoms with E-state index in [0.717, 1.165) is 25.7 Å². The molecule has 0 aromatic heterocycles. The normalized spacial score (nSPS) is 16.2. The van der Waals surface area contributed by atoms with Crippen LogP contribution < -0.4 is 10.6 Å². The van der Waals surface area contributed by atoms with Crippen molar-refractivity contribution in [3.8, 4) is 0 Å². The number of nitrogens with one attached hydrogen (secondary N) is 2. The maximum Gasteiger partial charge on any atom is 0.234 e. The van der Waals surface area contributed by atoms with Crippen molar-refractivity contribution in [1.82, 2.24) is 10.6 Å². The molecule has 0 unspecified atom stereocenters. The fourth-order valence-corrected chi connectivity index (χ4v) is 1.32. The number of rotatable bonds is 6. The smallest absolute Gasteiger partial charge is 0.234 e. The van der Waals surface area contributed by atoms with E-state index in [1.54, 1.807) is 0 Å². The van der Waals surface area contributed by atoms with Gasteiger partial charge in [0.15, 0.2) is 0 Å². The summed E-state index contributed by atoms with van der Waals surface area (Å²) in [5, 5.41) is 6.20. The molecule has 0 heterocycles. The van der Waals surface area contributed by atoms with Gasteiger partial charge < -0.3 is 10.6 Å². The van der Waals surface area contributed by atoms with Gasteiger partial charge in [0.05, 0.1) is 6.54 Å². The molecule has 0 bridgehead atoms. The van der Waals surface area contributed by atoms with Crippen LogP contribution in [0.2, 0.25) is 0 Å². The molecule has 1 fully saturated rings. The molecule has 13 heavy (non-hydrogen) atoms. The monoisotopic (exact) mass is 184 g/mol. The van der Waals surface area contributed by atoms with Gasteiger partial charge in [-0.15, -0.1) is 0 Å². The van der Waals surface area contributed by atoms with Crippen molar-refractivity contribution >= 4 is 5.91 Å². The molecule has 1 aliphatic carbocycles. The Kier molecular flexibility index (Phi) is 4.22. The van der Waals surface area contributed by atoms with Crippen molar-refractivity contribution in [1.29, 1.82) is 0 Å². The average Bonchev–Trinajstić information content (AvgIpc) is 2.90. The lowest BCUT2D eigenvalue weighted by atomic mass is 10.2. The molecule has 0 radical (unpaired) electrons. The number of amides is 1. The van der Waals surface area contributed by atoms with E-state index in [9.17, 15) is 4.79 Å². The van der Waals surface area contributed by atoms with Gasteiger partial charge in [-0.2, -0.15) is 0 Å². The van der Waals surface area contributed by atoms with Crippen molar-refractivity contribution in [2.75, 3.05) is 6.54 Å². The number of carbonyl (C=O) groups is 1. The predicted octanol–water partition coefficient (Wildman–Crippen LogP) is 1.04. The fraction of sp³-hybridized carbons (Fsp3) is 0.900. The summed E-state index contributed by atoms with van der Waals surface area (Å²) >= 11 is 0. The van der Waals surface area contributed by atoms with Crippen molar-refractivity contribution in [2.45, 2.75) is 51.6 Å². The third-order valence-corrected chi connectivity index (χ3v) is 2.48. The average molecular weight is 184 g/mol. The zero-order valence-corrected chi connectivity index (χ0v) is 8.60. The minimum Gasteiger partial charge on any atom is -0.352 e. The van der Waals surface area contributed by atoms with Crippen LogP contribution in [-0.4, -0.2) is 24.5 Å². The summed E-state index contributed by atoms with van der Waals surface area (Å²) in [6, 6.07) is 0.973. The highest BCUT2D eigenvalue weighted by atomic mass is 16.2. The largest absolute Gasteiger partial charge is 0.352 e. The van der Waals surface area contributed by atoms with Gasteiger partial charge in [-0.1, -0.05) is 13.8 Å². The first-order valence-electron chi connectivity index (χ1n) is 5.29. The minimum absolute atomic E-state index is 0.148. The second-order valence-electron chi connectivity index (χ2n) is 3.74. The van der Waals surface area contributed by atoms with E-state index in [0.29, 0.717) is 18.6 Å². The summed E-state index contributed by atoms with van der Waals surface area (Å²) in [6.07, 6.45) is 4.51. The summed E-state index contributed by atoms with van der Waals surface area (Å²) < 4.78 is 0. The highest BCUT2D eigenvalue weighted by Crippen LogP contribution is 2.18. The van der Waals surface area contributed by atoms with Crippen molar-refractivity contribution < 1.29 is 4.79 Å². The lowest BCUT2D eigenvalue weighted by Gasteiger charge is -2.13. The molecule has 1 aliphatic rings. The Labute approximate surface area is 80.3 Å². The van der Waals surface area contributed by atoms with Crippen LogP contribution in [0, 0.1) is 0 Å². The van der Waals surface area contributed by atoms with E-state index in [4.69, 9.17) is 0 Å². The van der Waals surface area contributed by atoms with Gasteiger partial charge >= 0.3 is 0 Å². The molecule has 3 nitrogen and oxygen atoms in total. The Morgan fingerprint density at radius 3 is 2.46 bits per heavy atom. The Balaban J connectivity index is 2.05. The van der Waals surface area contributed by atoms with E-state index in [1.807, 2.05) is 0 Å². The second-order valence-corrected chi connectivity index (χ2v) is 3.74. The molecular formula is C10H20N2O. The van der Waals surface area contributed by atoms with E-state index in [1.165, 1.54) is 0 Å². The van der Waals surface area contributed by atoms with Gasteiger partial charge in [0.2, 0.25) is 5.91 Å². The molecule has 1 rings (SSSR count). The van der Waals surface area contributed by atoms with Crippen LogP contribution >= 0.6 is 0 Å². The van der Waals surface area contributed by atoms with Gasteiger partial charge in [-0.05, 0) is 25.7 Å². The zero-order chi connectivity index (χ0) is 9.68. The van der Waals surface area contributed by atoms with Crippen LogP contribution in [0.1, 0.15) is 39.5 Å². The number of hydrogen-bond acceptors (Lipinski definition) is 2. The molecule has 1 amide bonds. The fourth-order valence-electron chi connectivity index (χ4n) is 1.32. The third kappa shape index (κ3) is 4.27. The summed E-state index contributed by atoms with van der Waals surface area (Å²) in [7, 11) is 0. The molecule has 1 saturated carbocycles. The molecule has 0 saturated heterocycles. The molecule has 0 spiro atoms. The number of hydrogen-bond donors (Lipinski definition) is 2. The molecule has 2 N–H and O–H groups in total. The van der Waals surface area contributed by atoms with Crippen LogP contribution in [0.5, 0.6) is 0 Å². The van der Waals surface area contributed by atoms with Crippen LogP contribution in [-0.2, 0) is 4.79 Å². The van der Waals surface area contributed by atoms with Gasteiger partial charge in [-0.3, -0.25) is 4.79 Å². The second kappa shape index (κ2) is 5.22. The van der Waals surface area contributed by atoms with Gasteiger partial charge in [0.1, 0.15) is 0 Å². The maximum atomic E-state index is 11.3. The lowest BCUT2D eigenvalue weighted by Crippen LogP contribution is -2.39. The Bertz CT molecular complexity index is 162. The lowest BCUT2D eigenvalue weighted by molar-refractivity contribution is -0.120. The van der Waals surface area contributed by atoms with Crippen molar-refractivity contribution in [3.63, 3.8) is 0 Å². The van der Waals surface area contributed by atoms with Crippen LogP contribution in [0.4, 0.5) is 0 Å². The molecule has 76 valence electrons. The highest BCUT2D eigenvalue weighted by Gasteiger charge is 2.22. The SMILES string of the molecule is CCC(CC)NCC(=O)NC1CC1. The topological polar surface area (TPSA) is 41.1 Å². The quantitative estimate of drug-likeness (QED) is 0.647. The summed E-state index contributed by atoms with van der Waals surface area (Å²) in [6.45, 7) is 4.75. The van der Waals surface area contributed by atoms with Crippen LogP contribution in [0.3, 0.4) is 0 Å². The predicted molar refractivity (Wildman–Crippen MR) is 53.5 cm³/mol. The maximum absolute atomic E-state index is 11.3. The van der Waals surface area contributed by atoms with Gasteiger partial charge in [-0.25, -0.2) is 0 Å². The van der Waals surface area contributed by atoms with Crippen molar-refractivity contribution in [2.24, 2.45) is 0 Å². The Morgan fingerprint density at radius 1 is 1.38 bits per heavy atom. The summed E-state index contributed by atoms with van der Waals surface area (Å²) in [5.74, 6) is 0.148. The van der Waals surface area contributed by atoms with E-state index in [2.05, 4.69) is 24.5 Å². The standard InChI is InChI=1S/C10H20N2O/c1-3-8(4-2)11-7-10(13)12-9-5-6-9/h8-9,11H,3-7H2,1-2H3,(H,12,13). The van der Waals surface area contributed by atoms with E-state index < -0.39 is 0 Å².